The Morgan fingerprint density at radius 3 is 2.88 bits per heavy atom. The van der Waals surface area contributed by atoms with Crippen LogP contribution in [0, 0.1) is 5.92 Å². The standard InChI is InChI=1S/C19H29N3O2/c1-2-3-12-21-19(24)16-8-6-13-22(14-16)18(23)11-10-15-7-4-5-9-17(15)20/h4-5,7,9,16H,2-3,6,8,10-14,20H2,1H3,(H,21,24). The number of benzene rings is 1. The third-order valence-electron chi connectivity index (χ3n) is 4.64. The molecule has 1 unspecified atom stereocenters. The second-order valence-corrected chi connectivity index (χ2v) is 6.52. The molecule has 3 N–H and O–H groups in total. The number of nitrogen functional groups attached to an aromatic ring is 1. The van der Waals surface area contributed by atoms with Gasteiger partial charge in [0.2, 0.25) is 11.8 Å². The van der Waals surface area contributed by atoms with Gasteiger partial charge in [0.05, 0.1) is 5.92 Å². The van der Waals surface area contributed by atoms with Crippen molar-refractivity contribution in [2.24, 2.45) is 5.92 Å². The van der Waals surface area contributed by atoms with Crippen molar-refractivity contribution in [2.75, 3.05) is 25.4 Å². The molecule has 5 nitrogen and oxygen atoms in total. The summed E-state index contributed by atoms with van der Waals surface area (Å²) in [7, 11) is 0. The normalized spacial score (nSPS) is 17.5. The second kappa shape index (κ2) is 9.30. The number of unbranched alkanes of at least 4 members (excludes halogenated alkanes) is 1. The van der Waals surface area contributed by atoms with Crippen LogP contribution in [0.2, 0.25) is 0 Å². The number of likely N-dealkylation sites (tertiary alicyclic amines) is 1. The summed E-state index contributed by atoms with van der Waals surface area (Å²) in [6.45, 7) is 4.13. The first-order valence-corrected chi connectivity index (χ1v) is 9.00. The van der Waals surface area contributed by atoms with Crippen LogP contribution in [0.5, 0.6) is 0 Å². The maximum absolute atomic E-state index is 12.5. The Labute approximate surface area is 144 Å². The van der Waals surface area contributed by atoms with Gasteiger partial charge in [0.1, 0.15) is 0 Å². The lowest BCUT2D eigenvalue weighted by Gasteiger charge is -2.32. The van der Waals surface area contributed by atoms with Crippen LogP contribution in [0.25, 0.3) is 0 Å². The maximum Gasteiger partial charge on any atom is 0.224 e. The van der Waals surface area contributed by atoms with Crippen molar-refractivity contribution in [1.82, 2.24) is 10.2 Å². The van der Waals surface area contributed by atoms with Gasteiger partial charge < -0.3 is 16.0 Å². The molecule has 1 saturated heterocycles. The summed E-state index contributed by atoms with van der Waals surface area (Å²) in [5.74, 6) is 0.138. The molecule has 0 radical (unpaired) electrons. The molecule has 5 heteroatoms. The minimum atomic E-state index is -0.0682. The number of anilines is 1. The molecule has 132 valence electrons. The van der Waals surface area contributed by atoms with Gasteiger partial charge in [-0.3, -0.25) is 9.59 Å². The minimum absolute atomic E-state index is 0.0682. The van der Waals surface area contributed by atoms with E-state index in [-0.39, 0.29) is 17.7 Å². The van der Waals surface area contributed by atoms with E-state index >= 15 is 0 Å². The van der Waals surface area contributed by atoms with Crippen LogP contribution >= 0.6 is 0 Å². The van der Waals surface area contributed by atoms with Crippen LogP contribution in [0.15, 0.2) is 24.3 Å². The van der Waals surface area contributed by atoms with Crippen LogP contribution in [0.1, 0.15) is 44.6 Å². The summed E-state index contributed by atoms with van der Waals surface area (Å²) in [6.07, 6.45) is 4.92. The van der Waals surface area contributed by atoms with E-state index in [0.29, 0.717) is 19.4 Å². The number of rotatable bonds is 7. The molecule has 1 atom stereocenters. The first-order valence-electron chi connectivity index (χ1n) is 9.00. The lowest BCUT2D eigenvalue weighted by Crippen LogP contribution is -2.45. The molecule has 1 fully saturated rings. The lowest BCUT2D eigenvalue weighted by atomic mass is 9.96. The Bertz CT molecular complexity index is 559. The quantitative estimate of drug-likeness (QED) is 0.595. The highest BCUT2D eigenvalue weighted by molar-refractivity contribution is 5.81. The molecule has 24 heavy (non-hydrogen) atoms. The lowest BCUT2D eigenvalue weighted by molar-refractivity contribution is -0.135. The summed E-state index contributed by atoms with van der Waals surface area (Å²) < 4.78 is 0. The van der Waals surface area contributed by atoms with Gasteiger partial charge in [-0.15, -0.1) is 0 Å². The number of aryl methyl sites for hydroxylation is 1. The van der Waals surface area contributed by atoms with E-state index in [2.05, 4.69) is 12.2 Å². The van der Waals surface area contributed by atoms with Crippen molar-refractivity contribution in [3.8, 4) is 0 Å². The molecule has 1 aromatic rings. The van der Waals surface area contributed by atoms with Crippen molar-refractivity contribution in [3.63, 3.8) is 0 Å². The molecule has 2 amide bonds. The van der Waals surface area contributed by atoms with Crippen molar-refractivity contribution < 1.29 is 9.59 Å². The van der Waals surface area contributed by atoms with E-state index < -0.39 is 0 Å². The van der Waals surface area contributed by atoms with Gasteiger partial charge in [0.15, 0.2) is 0 Å². The molecule has 1 heterocycles. The van der Waals surface area contributed by atoms with Gasteiger partial charge in [0.25, 0.3) is 0 Å². The van der Waals surface area contributed by atoms with Crippen molar-refractivity contribution in [1.29, 1.82) is 0 Å². The van der Waals surface area contributed by atoms with Gasteiger partial charge >= 0.3 is 0 Å². The van der Waals surface area contributed by atoms with E-state index in [1.54, 1.807) is 0 Å². The van der Waals surface area contributed by atoms with Crippen molar-refractivity contribution in [2.45, 2.75) is 45.4 Å². The van der Waals surface area contributed by atoms with Crippen molar-refractivity contribution >= 4 is 17.5 Å². The molecule has 1 aliphatic rings. The number of carbonyl (C=O) groups excluding carboxylic acids is 2. The van der Waals surface area contributed by atoms with Gasteiger partial charge in [-0.2, -0.15) is 0 Å². The van der Waals surface area contributed by atoms with Crippen LogP contribution in [0.3, 0.4) is 0 Å². The number of hydrogen-bond donors (Lipinski definition) is 2. The fourth-order valence-corrected chi connectivity index (χ4v) is 3.11. The molecule has 0 bridgehead atoms. The molecule has 0 spiro atoms. The van der Waals surface area contributed by atoms with Crippen LogP contribution in [-0.2, 0) is 16.0 Å². The van der Waals surface area contributed by atoms with Gasteiger partial charge in [-0.05, 0) is 37.3 Å². The molecule has 1 aromatic carbocycles. The van der Waals surface area contributed by atoms with Gasteiger partial charge in [-0.1, -0.05) is 31.5 Å². The molecular weight excluding hydrogens is 302 g/mol. The molecule has 0 aromatic heterocycles. The summed E-state index contributed by atoms with van der Waals surface area (Å²) in [6, 6.07) is 7.65. The Morgan fingerprint density at radius 1 is 1.33 bits per heavy atom. The molecular formula is C19H29N3O2. The average molecular weight is 331 g/mol. The van der Waals surface area contributed by atoms with Gasteiger partial charge in [0, 0.05) is 31.7 Å². The highest BCUT2D eigenvalue weighted by atomic mass is 16.2. The zero-order valence-electron chi connectivity index (χ0n) is 14.6. The minimum Gasteiger partial charge on any atom is -0.399 e. The number of nitrogens with two attached hydrogens (primary N) is 1. The van der Waals surface area contributed by atoms with E-state index in [4.69, 9.17) is 5.73 Å². The monoisotopic (exact) mass is 331 g/mol. The number of piperidine rings is 1. The largest absolute Gasteiger partial charge is 0.399 e. The topological polar surface area (TPSA) is 75.4 Å². The van der Waals surface area contributed by atoms with E-state index in [1.807, 2.05) is 29.2 Å². The molecule has 0 aliphatic carbocycles. The predicted octanol–water partition coefficient (Wildman–Crippen LogP) is 2.36. The first kappa shape index (κ1) is 18.3. The first-order chi connectivity index (χ1) is 11.6. The second-order valence-electron chi connectivity index (χ2n) is 6.52. The summed E-state index contributed by atoms with van der Waals surface area (Å²) in [5, 5.41) is 2.98. The zero-order valence-corrected chi connectivity index (χ0v) is 14.6. The Hall–Kier alpha value is -2.04. The Balaban J connectivity index is 1.81. The average Bonchev–Trinajstić information content (AvgIpc) is 2.61. The third kappa shape index (κ3) is 5.25. The molecule has 1 aliphatic heterocycles. The number of para-hydroxylation sites is 1. The van der Waals surface area contributed by atoms with Crippen LogP contribution < -0.4 is 11.1 Å². The number of hydrogen-bond acceptors (Lipinski definition) is 3. The molecule has 2 rings (SSSR count). The van der Waals surface area contributed by atoms with E-state index in [9.17, 15) is 9.59 Å². The highest BCUT2D eigenvalue weighted by Crippen LogP contribution is 2.19. The molecule has 0 saturated carbocycles. The number of amides is 2. The third-order valence-corrected chi connectivity index (χ3v) is 4.64. The van der Waals surface area contributed by atoms with Gasteiger partial charge in [-0.25, -0.2) is 0 Å². The number of nitrogens with zero attached hydrogens (tertiary/aromatic N) is 1. The van der Waals surface area contributed by atoms with E-state index in [1.165, 1.54) is 0 Å². The summed E-state index contributed by atoms with van der Waals surface area (Å²) in [4.78, 5) is 26.5. The Morgan fingerprint density at radius 2 is 2.12 bits per heavy atom. The smallest absolute Gasteiger partial charge is 0.224 e. The predicted molar refractivity (Wildman–Crippen MR) is 96.4 cm³/mol. The maximum atomic E-state index is 12.5. The zero-order chi connectivity index (χ0) is 17.4. The van der Waals surface area contributed by atoms with E-state index in [0.717, 1.165) is 50.0 Å². The highest BCUT2D eigenvalue weighted by Gasteiger charge is 2.27. The number of carbonyl (C=O) groups is 2. The SMILES string of the molecule is CCCCNC(=O)C1CCCN(C(=O)CCc2ccccc2N)C1. The fourth-order valence-electron chi connectivity index (χ4n) is 3.11. The number of nitrogens with one attached hydrogen (secondary N) is 1. The summed E-state index contributed by atoms with van der Waals surface area (Å²) in [5.41, 5.74) is 7.67. The Kier molecular flexibility index (Phi) is 7.09. The fraction of sp³-hybridized carbons (Fsp3) is 0.579. The van der Waals surface area contributed by atoms with Crippen LogP contribution in [0.4, 0.5) is 5.69 Å². The van der Waals surface area contributed by atoms with Crippen molar-refractivity contribution in [3.05, 3.63) is 29.8 Å². The summed E-state index contributed by atoms with van der Waals surface area (Å²) >= 11 is 0. The van der Waals surface area contributed by atoms with Crippen LogP contribution in [-0.4, -0.2) is 36.3 Å².